The van der Waals surface area contributed by atoms with Gasteiger partial charge < -0.3 is 5.73 Å². The number of aliphatic imine (C=N–C) groups is 1. The van der Waals surface area contributed by atoms with E-state index in [1.54, 1.807) is 5.01 Å². The lowest BCUT2D eigenvalue weighted by Gasteiger charge is -2.11. The van der Waals surface area contributed by atoms with Gasteiger partial charge in [0.15, 0.2) is 0 Å². The molecule has 4 heteroatoms. The smallest absolute Gasteiger partial charge is 0.203 e. The Balaban J connectivity index is 2.24. The van der Waals surface area contributed by atoms with Crippen molar-refractivity contribution in [2.24, 2.45) is 10.7 Å². The summed E-state index contributed by atoms with van der Waals surface area (Å²) >= 11 is 0. The first-order valence-corrected chi connectivity index (χ1v) is 3.46. The molecule has 0 aliphatic heterocycles. The van der Waals surface area contributed by atoms with Gasteiger partial charge in [0, 0.05) is 14.1 Å². The maximum absolute atomic E-state index is 5.51. The molecule has 0 aromatic carbocycles. The minimum absolute atomic E-state index is 0.493. The zero-order valence-corrected chi connectivity index (χ0v) is 6.46. The molecular weight excluding hydrogens is 128 g/mol. The molecule has 1 aliphatic carbocycles. The van der Waals surface area contributed by atoms with E-state index in [0.29, 0.717) is 12.0 Å². The van der Waals surface area contributed by atoms with E-state index in [1.807, 2.05) is 14.1 Å². The molecule has 10 heavy (non-hydrogen) atoms. The Kier molecular flexibility index (Phi) is 2.11. The molecule has 1 fully saturated rings. The van der Waals surface area contributed by atoms with Crippen LogP contribution in [-0.4, -0.2) is 31.1 Å². The molecule has 0 radical (unpaired) electrons. The van der Waals surface area contributed by atoms with Crippen LogP contribution in [0.25, 0.3) is 0 Å². The average molecular weight is 142 g/mol. The molecule has 3 N–H and O–H groups in total. The van der Waals surface area contributed by atoms with Gasteiger partial charge in [0.1, 0.15) is 0 Å². The van der Waals surface area contributed by atoms with E-state index in [9.17, 15) is 0 Å². The number of nitrogens with one attached hydrogen (secondary N) is 1. The Bertz CT molecular complexity index is 137. The third kappa shape index (κ3) is 2.68. The van der Waals surface area contributed by atoms with Crippen molar-refractivity contribution in [1.82, 2.24) is 10.4 Å². The Morgan fingerprint density at radius 3 is 2.60 bits per heavy atom. The third-order valence-electron chi connectivity index (χ3n) is 1.21. The van der Waals surface area contributed by atoms with Gasteiger partial charge in [-0.05, 0) is 12.8 Å². The molecule has 0 bridgehead atoms. The monoisotopic (exact) mass is 142 g/mol. The summed E-state index contributed by atoms with van der Waals surface area (Å²) in [7, 11) is 3.77. The van der Waals surface area contributed by atoms with Crippen molar-refractivity contribution in [1.29, 1.82) is 0 Å². The Morgan fingerprint density at radius 2 is 2.20 bits per heavy atom. The molecule has 0 heterocycles. The van der Waals surface area contributed by atoms with Gasteiger partial charge in [-0.25, -0.2) is 10.0 Å². The summed E-state index contributed by atoms with van der Waals surface area (Å²) in [5.74, 6) is 0.521. The molecular formula is C6H14N4. The second-order valence-electron chi connectivity index (χ2n) is 2.75. The van der Waals surface area contributed by atoms with Crippen molar-refractivity contribution in [2.75, 3.05) is 14.1 Å². The van der Waals surface area contributed by atoms with Crippen LogP contribution in [0.5, 0.6) is 0 Å². The second-order valence-corrected chi connectivity index (χ2v) is 2.75. The maximum atomic E-state index is 5.51. The zero-order chi connectivity index (χ0) is 7.56. The zero-order valence-electron chi connectivity index (χ0n) is 6.46. The predicted molar refractivity (Wildman–Crippen MR) is 41.5 cm³/mol. The highest BCUT2D eigenvalue weighted by Gasteiger charge is 2.20. The van der Waals surface area contributed by atoms with Gasteiger partial charge in [-0.1, -0.05) is 0 Å². The lowest BCUT2D eigenvalue weighted by atomic mass is 10.7. The van der Waals surface area contributed by atoms with Crippen LogP contribution in [0, 0.1) is 0 Å². The van der Waals surface area contributed by atoms with Gasteiger partial charge >= 0.3 is 0 Å². The van der Waals surface area contributed by atoms with Gasteiger partial charge in [0.25, 0.3) is 0 Å². The van der Waals surface area contributed by atoms with Crippen LogP contribution in [0.4, 0.5) is 0 Å². The molecule has 58 valence electrons. The van der Waals surface area contributed by atoms with Crippen LogP contribution in [0.3, 0.4) is 0 Å². The van der Waals surface area contributed by atoms with Crippen molar-refractivity contribution >= 4 is 5.96 Å². The molecule has 0 spiro atoms. The first-order valence-electron chi connectivity index (χ1n) is 3.46. The molecule has 1 rings (SSSR count). The maximum Gasteiger partial charge on any atom is 0.203 e. The molecule has 0 unspecified atom stereocenters. The van der Waals surface area contributed by atoms with Crippen molar-refractivity contribution in [3.8, 4) is 0 Å². The Morgan fingerprint density at radius 1 is 1.60 bits per heavy atom. The first-order chi connectivity index (χ1) is 4.68. The van der Waals surface area contributed by atoms with Crippen LogP contribution in [0.2, 0.25) is 0 Å². The number of nitrogens with zero attached hydrogens (tertiary/aromatic N) is 2. The fourth-order valence-electron chi connectivity index (χ4n) is 0.658. The number of nitrogens with two attached hydrogens (primary N) is 1. The average Bonchev–Trinajstić information content (AvgIpc) is 2.46. The Hall–Kier alpha value is -0.770. The summed E-state index contributed by atoms with van der Waals surface area (Å²) in [6, 6.07) is 0.493. The van der Waals surface area contributed by atoms with Crippen LogP contribution in [0.1, 0.15) is 12.8 Å². The summed E-state index contributed by atoms with van der Waals surface area (Å²) in [5.41, 5.74) is 8.39. The van der Waals surface area contributed by atoms with Crippen LogP contribution in [-0.2, 0) is 0 Å². The largest absolute Gasteiger partial charge is 0.369 e. The van der Waals surface area contributed by atoms with E-state index in [-0.39, 0.29) is 0 Å². The lowest BCUT2D eigenvalue weighted by Crippen LogP contribution is -2.41. The van der Waals surface area contributed by atoms with Crippen LogP contribution in [0.15, 0.2) is 4.99 Å². The Labute approximate surface area is 61.1 Å². The van der Waals surface area contributed by atoms with Crippen molar-refractivity contribution in [3.05, 3.63) is 0 Å². The van der Waals surface area contributed by atoms with Crippen molar-refractivity contribution in [2.45, 2.75) is 18.9 Å². The summed E-state index contributed by atoms with van der Waals surface area (Å²) in [6.07, 6.45) is 2.38. The van der Waals surface area contributed by atoms with E-state index >= 15 is 0 Å². The molecule has 0 saturated heterocycles. The topological polar surface area (TPSA) is 53.6 Å². The van der Waals surface area contributed by atoms with Gasteiger partial charge in [-0.2, -0.15) is 0 Å². The number of hydrogen-bond donors (Lipinski definition) is 2. The molecule has 1 saturated carbocycles. The second kappa shape index (κ2) is 2.88. The van der Waals surface area contributed by atoms with Crippen LogP contribution >= 0.6 is 0 Å². The van der Waals surface area contributed by atoms with Gasteiger partial charge in [-0.15, -0.1) is 0 Å². The molecule has 1 aliphatic rings. The van der Waals surface area contributed by atoms with Crippen molar-refractivity contribution < 1.29 is 0 Å². The van der Waals surface area contributed by atoms with E-state index in [2.05, 4.69) is 10.4 Å². The number of hydrogen-bond acceptors (Lipinski definition) is 2. The highest BCUT2D eigenvalue weighted by Crippen LogP contribution is 2.22. The first kappa shape index (κ1) is 7.34. The van der Waals surface area contributed by atoms with Crippen molar-refractivity contribution in [3.63, 3.8) is 0 Å². The quantitative estimate of drug-likeness (QED) is 0.311. The van der Waals surface area contributed by atoms with E-state index in [4.69, 9.17) is 5.73 Å². The van der Waals surface area contributed by atoms with Gasteiger partial charge in [-0.3, -0.25) is 5.43 Å². The van der Waals surface area contributed by atoms with E-state index < -0.39 is 0 Å². The fourth-order valence-corrected chi connectivity index (χ4v) is 0.658. The number of rotatable bonds is 2. The lowest BCUT2D eigenvalue weighted by molar-refractivity contribution is 0.360. The van der Waals surface area contributed by atoms with Gasteiger partial charge in [0.2, 0.25) is 5.96 Å². The molecule has 0 aromatic rings. The highest BCUT2D eigenvalue weighted by atomic mass is 15.5. The predicted octanol–water partition coefficient (Wildman–Crippen LogP) is -0.470. The SMILES string of the molecule is CN(C)NC(N)=NC1CC1. The fraction of sp³-hybridized carbons (Fsp3) is 0.833. The molecule has 0 atom stereocenters. The number of hydrazine groups is 1. The summed E-state index contributed by atoms with van der Waals surface area (Å²) < 4.78 is 0. The molecule has 0 amide bonds. The normalized spacial score (nSPS) is 19.7. The van der Waals surface area contributed by atoms with E-state index in [1.165, 1.54) is 12.8 Å². The van der Waals surface area contributed by atoms with Crippen LogP contribution < -0.4 is 11.2 Å². The summed E-state index contributed by atoms with van der Waals surface area (Å²) in [5, 5.41) is 1.78. The molecule has 0 aromatic heterocycles. The standard InChI is InChI=1S/C6H14N4/c1-10(2)9-6(7)8-5-3-4-5/h5H,3-4H2,1-2H3,(H3,7,8,9). The minimum Gasteiger partial charge on any atom is -0.369 e. The minimum atomic E-state index is 0.493. The van der Waals surface area contributed by atoms with E-state index in [0.717, 1.165) is 0 Å². The number of guanidine groups is 1. The summed E-state index contributed by atoms with van der Waals surface area (Å²) in [6.45, 7) is 0. The highest BCUT2D eigenvalue weighted by molar-refractivity contribution is 5.77. The molecule has 4 nitrogen and oxygen atoms in total. The van der Waals surface area contributed by atoms with Gasteiger partial charge in [0.05, 0.1) is 6.04 Å². The third-order valence-corrected chi connectivity index (χ3v) is 1.21. The summed E-state index contributed by atoms with van der Waals surface area (Å²) in [4.78, 5) is 4.17.